The second-order valence-electron chi connectivity index (χ2n) is 6.68. The van der Waals surface area contributed by atoms with Crippen molar-refractivity contribution in [1.82, 2.24) is 13.6 Å². The van der Waals surface area contributed by atoms with Crippen LogP contribution in [0.3, 0.4) is 0 Å². The zero-order chi connectivity index (χ0) is 18.2. The van der Waals surface area contributed by atoms with E-state index < -0.39 is 10.2 Å². The molecule has 1 unspecified atom stereocenters. The van der Waals surface area contributed by atoms with Crippen LogP contribution in [0.2, 0.25) is 0 Å². The Morgan fingerprint density at radius 1 is 1.24 bits per heavy atom. The van der Waals surface area contributed by atoms with Crippen molar-refractivity contribution in [3.8, 4) is 0 Å². The van der Waals surface area contributed by atoms with Crippen LogP contribution < -0.4 is 4.90 Å². The fourth-order valence-electron chi connectivity index (χ4n) is 3.25. The van der Waals surface area contributed by atoms with E-state index in [0.29, 0.717) is 38.4 Å². The summed E-state index contributed by atoms with van der Waals surface area (Å²) in [5.41, 5.74) is 0.895. The molecule has 1 atom stereocenters. The van der Waals surface area contributed by atoms with E-state index >= 15 is 0 Å². The molecule has 1 amide bonds. The Bertz CT molecular complexity index is 744. The number of hydrogen-bond donors (Lipinski definition) is 0. The van der Waals surface area contributed by atoms with Crippen LogP contribution in [-0.2, 0) is 14.9 Å². The largest absolute Gasteiger partial charge is 0.447 e. The summed E-state index contributed by atoms with van der Waals surface area (Å²) in [4.78, 5) is 18.1. The molecule has 0 radical (unpaired) electrons. The molecule has 3 heterocycles. The van der Waals surface area contributed by atoms with Gasteiger partial charge in [-0.15, -0.1) is 0 Å². The van der Waals surface area contributed by atoms with E-state index in [1.807, 2.05) is 19.1 Å². The molecule has 1 aromatic heterocycles. The van der Waals surface area contributed by atoms with Gasteiger partial charge < -0.3 is 4.74 Å². The third-order valence-electron chi connectivity index (χ3n) is 4.75. The summed E-state index contributed by atoms with van der Waals surface area (Å²) >= 11 is 0. The lowest BCUT2D eigenvalue weighted by atomic mass is 9.94. The predicted octanol–water partition coefficient (Wildman–Crippen LogP) is 1.41. The number of hydrogen-bond acceptors (Lipinski definition) is 5. The number of nitrogens with zero attached hydrogens (tertiary/aromatic N) is 4. The smallest absolute Gasteiger partial charge is 0.415 e. The first-order chi connectivity index (χ1) is 11.8. The minimum Gasteiger partial charge on any atom is -0.447 e. The second kappa shape index (κ2) is 6.89. The average Bonchev–Trinajstić information content (AvgIpc) is 2.93. The van der Waals surface area contributed by atoms with Gasteiger partial charge in [0, 0.05) is 38.8 Å². The predicted molar refractivity (Wildman–Crippen MR) is 93.7 cm³/mol. The van der Waals surface area contributed by atoms with Crippen LogP contribution in [0, 0.1) is 0 Å². The Morgan fingerprint density at radius 3 is 2.48 bits per heavy atom. The van der Waals surface area contributed by atoms with E-state index in [1.165, 1.54) is 8.61 Å². The summed E-state index contributed by atoms with van der Waals surface area (Å²) in [5.74, 6) is 0.776. The highest BCUT2D eigenvalue weighted by atomic mass is 32.2. The van der Waals surface area contributed by atoms with Gasteiger partial charge in [-0.05, 0) is 31.9 Å². The van der Waals surface area contributed by atoms with E-state index in [0.717, 1.165) is 5.69 Å². The molecule has 2 aliphatic rings. The normalized spacial score (nSPS) is 23.3. The average molecular weight is 368 g/mol. The molecule has 2 aliphatic heterocycles. The summed E-state index contributed by atoms with van der Waals surface area (Å²) in [6.07, 6.45) is 1.05. The van der Waals surface area contributed by atoms with E-state index in [-0.39, 0.29) is 18.1 Å². The van der Waals surface area contributed by atoms with E-state index in [1.54, 1.807) is 25.1 Å². The Kier molecular flexibility index (Phi) is 4.99. The van der Waals surface area contributed by atoms with Gasteiger partial charge in [0.1, 0.15) is 12.4 Å². The number of carbonyl (C=O) groups is 1. The second-order valence-corrected chi connectivity index (χ2v) is 8.82. The van der Waals surface area contributed by atoms with Crippen LogP contribution in [0.4, 0.5) is 10.6 Å². The summed E-state index contributed by atoms with van der Waals surface area (Å²) in [6.45, 7) is 3.23. The lowest BCUT2D eigenvalue weighted by Crippen LogP contribution is -2.44. The van der Waals surface area contributed by atoms with Crippen LogP contribution in [-0.4, -0.2) is 67.9 Å². The van der Waals surface area contributed by atoms with Crippen molar-refractivity contribution >= 4 is 22.1 Å². The summed E-state index contributed by atoms with van der Waals surface area (Å²) in [7, 11) is -0.276. The van der Waals surface area contributed by atoms with Crippen molar-refractivity contribution in [3.05, 3.63) is 23.9 Å². The molecule has 0 spiro atoms. The molecular weight excluding hydrogens is 344 g/mol. The van der Waals surface area contributed by atoms with Crippen molar-refractivity contribution in [2.24, 2.45) is 0 Å². The lowest BCUT2D eigenvalue weighted by molar-refractivity contribution is 0.179. The first-order valence-corrected chi connectivity index (χ1v) is 9.81. The van der Waals surface area contributed by atoms with Gasteiger partial charge in [-0.2, -0.15) is 17.0 Å². The SMILES string of the molecule is CC1COC(=O)N1c1cccc(C2CCN(S(=O)(=O)N(C)C)CC2)n1. The first kappa shape index (κ1) is 18.1. The Labute approximate surface area is 148 Å². The van der Waals surface area contributed by atoms with Crippen LogP contribution in [0.15, 0.2) is 18.2 Å². The van der Waals surface area contributed by atoms with Gasteiger partial charge in [0.25, 0.3) is 10.2 Å². The molecule has 0 saturated carbocycles. The highest BCUT2D eigenvalue weighted by Crippen LogP contribution is 2.30. The first-order valence-electron chi connectivity index (χ1n) is 8.41. The van der Waals surface area contributed by atoms with Gasteiger partial charge in [0.2, 0.25) is 0 Å². The molecule has 138 valence electrons. The molecule has 3 rings (SSSR count). The lowest BCUT2D eigenvalue weighted by Gasteiger charge is -2.32. The standard InChI is InChI=1S/C16H24N4O4S/c1-12-11-24-16(21)20(12)15-6-4-5-14(17-15)13-7-9-19(10-8-13)25(22,23)18(2)3/h4-6,12-13H,7-11H2,1-3H3. The summed E-state index contributed by atoms with van der Waals surface area (Å²) in [5, 5.41) is 0. The number of cyclic esters (lactones) is 1. The summed E-state index contributed by atoms with van der Waals surface area (Å²) < 4.78 is 32.2. The van der Waals surface area contributed by atoms with Crippen molar-refractivity contribution < 1.29 is 17.9 Å². The molecule has 0 aromatic carbocycles. The summed E-state index contributed by atoms with van der Waals surface area (Å²) in [6, 6.07) is 5.59. The fourth-order valence-corrected chi connectivity index (χ4v) is 4.38. The van der Waals surface area contributed by atoms with E-state index in [4.69, 9.17) is 4.74 Å². The number of ether oxygens (including phenoxy) is 1. The maximum Gasteiger partial charge on any atom is 0.415 e. The molecule has 1 aromatic rings. The van der Waals surface area contributed by atoms with Crippen molar-refractivity contribution in [2.45, 2.75) is 31.7 Å². The number of amides is 1. The molecule has 2 saturated heterocycles. The van der Waals surface area contributed by atoms with Gasteiger partial charge >= 0.3 is 6.09 Å². The fraction of sp³-hybridized carbons (Fsp3) is 0.625. The van der Waals surface area contributed by atoms with Gasteiger partial charge in [0.15, 0.2) is 0 Å². The molecular formula is C16H24N4O4S. The monoisotopic (exact) mass is 368 g/mol. The number of rotatable bonds is 4. The molecule has 25 heavy (non-hydrogen) atoms. The number of aromatic nitrogens is 1. The Hall–Kier alpha value is -1.71. The molecule has 2 fully saturated rings. The zero-order valence-corrected chi connectivity index (χ0v) is 15.6. The Morgan fingerprint density at radius 2 is 1.92 bits per heavy atom. The van der Waals surface area contributed by atoms with E-state index in [9.17, 15) is 13.2 Å². The van der Waals surface area contributed by atoms with E-state index in [2.05, 4.69) is 4.98 Å². The minimum atomic E-state index is -3.36. The molecule has 0 aliphatic carbocycles. The van der Waals surface area contributed by atoms with Crippen LogP contribution >= 0.6 is 0 Å². The molecule has 8 nitrogen and oxygen atoms in total. The molecule has 0 bridgehead atoms. The van der Waals surface area contributed by atoms with Gasteiger partial charge in [-0.1, -0.05) is 6.07 Å². The minimum absolute atomic E-state index is 0.0395. The number of piperidine rings is 1. The third kappa shape index (κ3) is 3.49. The van der Waals surface area contributed by atoms with Gasteiger partial charge in [-0.3, -0.25) is 4.90 Å². The maximum absolute atomic E-state index is 12.2. The van der Waals surface area contributed by atoms with Crippen LogP contribution in [0.25, 0.3) is 0 Å². The van der Waals surface area contributed by atoms with Crippen LogP contribution in [0.5, 0.6) is 0 Å². The topological polar surface area (TPSA) is 83.0 Å². The molecule has 0 N–H and O–H groups in total. The van der Waals surface area contributed by atoms with Crippen LogP contribution in [0.1, 0.15) is 31.4 Å². The highest BCUT2D eigenvalue weighted by Gasteiger charge is 2.33. The van der Waals surface area contributed by atoms with Gasteiger partial charge in [0.05, 0.1) is 6.04 Å². The third-order valence-corrected chi connectivity index (χ3v) is 6.69. The zero-order valence-electron chi connectivity index (χ0n) is 14.8. The van der Waals surface area contributed by atoms with Crippen molar-refractivity contribution in [2.75, 3.05) is 38.7 Å². The van der Waals surface area contributed by atoms with Gasteiger partial charge in [-0.25, -0.2) is 9.78 Å². The maximum atomic E-state index is 12.2. The number of carbonyl (C=O) groups excluding carboxylic acids is 1. The quantitative estimate of drug-likeness (QED) is 0.802. The highest BCUT2D eigenvalue weighted by molar-refractivity contribution is 7.86. The number of anilines is 1. The molecule has 9 heteroatoms. The Balaban J connectivity index is 1.72. The van der Waals surface area contributed by atoms with Crippen molar-refractivity contribution in [3.63, 3.8) is 0 Å². The van der Waals surface area contributed by atoms with Crippen molar-refractivity contribution in [1.29, 1.82) is 0 Å². The number of pyridine rings is 1.